The Labute approximate surface area is 126 Å². The van der Waals surface area contributed by atoms with Gasteiger partial charge in [0.1, 0.15) is 0 Å². The highest BCUT2D eigenvalue weighted by atomic mass is 16.5. The zero-order chi connectivity index (χ0) is 14.5. The predicted molar refractivity (Wildman–Crippen MR) is 80.9 cm³/mol. The number of aromatic nitrogens is 1. The Bertz CT molecular complexity index is 449. The van der Waals surface area contributed by atoms with Gasteiger partial charge in [-0.15, -0.1) is 0 Å². The number of hydrogen-bond donors (Lipinski definition) is 0. The molecule has 0 atom stereocenters. The van der Waals surface area contributed by atoms with Gasteiger partial charge in [0.2, 0.25) is 5.91 Å². The summed E-state index contributed by atoms with van der Waals surface area (Å²) in [6.07, 6.45) is 11.8. The molecule has 1 saturated heterocycles. The molecule has 114 valence electrons. The van der Waals surface area contributed by atoms with Gasteiger partial charge >= 0.3 is 0 Å². The van der Waals surface area contributed by atoms with Gasteiger partial charge in [-0.1, -0.05) is 18.9 Å². The first-order valence-electron chi connectivity index (χ1n) is 8.13. The molecule has 1 aromatic heterocycles. The fraction of sp³-hybridized carbons (Fsp3) is 0.647. The molecule has 0 bridgehead atoms. The second-order valence-corrected chi connectivity index (χ2v) is 6.16. The van der Waals surface area contributed by atoms with E-state index in [0.29, 0.717) is 18.6 Å². The fourth-order valence-electron chi connectivity index (χ4n) is 3.33. The minimum absolute atomic E-state index is 0.210. The summed E-state index contributed by atoms with van der Waals surface area (Å²) < 4.78 is 6.15. The lowest BCUT2D eigenvalue weighted by Crippen LogP contribution is -2.42. The Morgan fingerprint density at radius 1 is 1.19 bits per heavy atom. The maximum absolute atomic E-state index is 12.3. The molecule has 0 unspecified atom stereocenters. The van der Waals surface area contributed by atoms with Gasteiger partial charge in [-0.3, -0.25) is 9.78 Å². The van der Waals surface area contributed by atoms with Crippen LogP contribution >= 0.6 is 0 Å². The summed E-state index contributed by atoms with van der Waals surface area (Å²) >= 11 is 0. The fourth-order valence-corrected chi connectivity index (χ4v) is 3.33. The minimum Gasteiger partial charge on any atom is -0.375 e. The first-order valence-corrected chi connectivity index (χ1v) is 8.13. The van der Waals surface area contributed by atoms with Gasteiger partial charge in [-0.2, -0.15) is 0 Å². The molecule has 2 fully saturated rings. The van der Waals surface area contributed by atoms with E-state index in [2.05, 4.69) is 4.98 Å². The molecule has 0 radical (unpaired) electrons. The first-order chi connectivity index (χ1) is 10.3. The van der Waals surface area contributed by atoms with Gasteiger partial charge in [-0.25, -0.2) is 0 Å². The Balaban J connectivity index is 1.43. The highest BCUT2D eigenvalue weighted by Crippen LogP contribution is 2.25. The van der Waals surface area contributed by atoms with Crippen molar-refractivity contribution in [2.45, 2.75) is 57.2 Å². The highest BCUT2D eigenvalue weighted by molar-refractivity contribution is 5.78. The molecule has 4 heteroatoms. The number of amides is 1. The Hall–Kier alpha value is -1.42. The third-order valence-electron chi connectivity index (χ3n) is 4.56. The Morgan fingerprint density at radius 3 is 2.57 bits per heavy atom. The van der Waals surface area contributed by atoms with E-state index in [9.17, 15) is 4.79 Å². The number of rotatable bonds is 4. The van der Waals surface area contributed by atoms with Crippen molar-refractivity contribution in [3.05, 3.63) is 30.1 Å². The maximum atomic E-state index is 12.3. The smallest absolute Gasteiger partial charge is 0.227 e. The topological polar surface area (TPSA) is 42.4 Å². The van der Waals surface area contributed by atoms with E-state index in [4.69, 9.17) is 4.74 Å². The van der Waals surface area contributed by atoms with Crippen molar-refractivity contribution in [1.82, 2.24) is 9.88 Å². The van der Waals surface area contributed by atoms with Gasteiger partial charge in [0.25, 0.3) is 0 Å². The zero-order valence-corrected chi connectivity index (χ0v) is 12.5. The molecule has 1 aliphatic heterocycles. The van der Waals surface area contributed by atoms with Crippen LogP contribution in [-0.4, -0.2) is 41.1 Å². The van der Waals surface area contributed by atoms with Crippen LogP contribution in [0.4, 0.5) is 0 Å². The number of hydrogen-bond acceptors (Lipinski definition) is 3. The molecule has 21 heavy (non-hydrogen) atoms. The standard InChI is InChI=1S/C17H24N2O2/c20-17(12-14-4-3-9-18-13-14)19-10-7-16(8-11-19)21-15-5-1-2-6-15/h3-4,9,13,15-16H,1-2,5-8,10-12H2. The third kappa shape index (κ3) is 4.03. The Morgan fingerprint density at radius 2 is 1.90 bits per heavy atom. The lowest BCUT2D eigenvalue weighted by molar-refractivity contribution is -0.133. The molecular weight excluding hydrogens is 264 g/mol. The normalized spacial score (nSPS) is 20.9. The first kappa shape index (κ1) is 14.5. The van der Waals surface area contributed by atoms with E-state index in [0.717, 1.165) is 31.5 Å². The second-order valence-electron chi connectivity index (χ2n) is 6.16. The number of nitrogens with zero attached hydrogens (tertiary/aromatic N) is 2. The van der Waals surface area contributed by atoms with Crippen LogP contribution < -0.4 is 0 Å². The summed E-state index contributed by atoms with van der Waals surface area (Å²) in [4.78, 5) is 18.3. The summed E-state index contributed by atoms with van der Waals surface area (Å²) in [5, 5.41) is 0. The number of carbonyl (C=O) groups excluding carboxylic acids is 1. The van der Waals surface area contributed by atoms with Crippen LogP contribution in [0.3, 0.4) is 0 Å². The van der Waals surface area contributed by atoms with Crippen LogP contribution in [0.5, 0.6) is 0 Å². The average Bonchev–Trinajstić information content (AvgIpc) is 3.02. The van der Waals surface area contributed by atoms with Crippen LogP contribution in [0.15, 0.2) is 24.5 Å². The van der Waals surface area contributed by atoms with Gasteiger partial charge in [-0.05, 0) is 37.3 Å². The predicted octanol–water partition coefficient (Wildman–Crippen LogP) is 2.57. The number of pyridine rings is 1. The Kier molecular flexibility index (Phi) is 4.86. The quantitative estimate of drug-likeness (QED) is 0.855. The second kappa shape index (κ2) is 7.03. The van der Waals surface area contributed by atoms with Gasteiger partial charge in [0.05, 0.1) is 18.6 Å². The summed E-state index contributed by atoms with van der Waals surface area (Å²) in [5.41, 5.74) is 0.992. The summed E-state index contributed by atoms with van der Waals surface area (Å²) in [5.74, 6) is 0.210. The molecule has 2 heterocycles. The molecule has 4 nitrogen and oxygen atoms in total. The van der Waals surface area contributed by atoms with Crippen molar-refractivity contribution in [2.75, 3.05) is 13.1 Å². The molecule has 0 N–H and O–H groups in total. The van der Waals surface area contributed by atoms with Crippen molar-refractivity contribution in [2.24, 2.45) is 0 Å². The molecule has 1 saturated carbocycles. The molecule has 1 aliphatic carbocycles. The molecule has 0 spiro atoms. The lowest BCUT2D eigenvalue weighted by Gasteiger charge is -2.33. The van der Waals surface area contributed by atoms with Crippen LogP contribution in [-0.2, 0) is 16.0 Å². The van der Waals surface area contributed by atoms with E-state index in [-0.39, 0.29) is 5.91 Å². The van der Waals surface area contributed by atoms with E-state index < -0.39 is 0 Å². The van der Waals surface area contributed by atoms with E-state index >= 15 is 0 Å². The molecular formula is C17H24N2O2. The van der Waals surface area contributed by atoms with Gasteiger partial charge < -0.3 is 9.64 Å². The van der Waals surface area contributed by atoms with Crippen LogP contribution in [0.2, 0.25) is 0 Å². The maximum Gasteiger partial charge on any atom is 0.227 e. The van der Waals surface area contributed by atoms with Crippen LogP contribution in [0.25, 0.3) is 0 Å². The van der Waals surface area contributed by atoms with E-state index in [1.165, 1.54) is 25.7 Å². The summed E-state index contributed by atoms with van der Waals surface area (Å²) in [7, 11) is 0. The molecule has 3 rings (SSSR count). The average molecular weight is 288 g/mol. The van der Waals surface area contributed by atoms with Crippen LogP contribution in [0, 0.1) is 0 Å². The van der Waals surface area contributed by atoms with Crippen molar-refractivity contribution in [3.63, 3.8) is 0 Å². The molecule has 1 aromatic rings. The number of likely N-dealkylation sites (tertiary alicyclic amines) is 1. The number of carbonyl (C=O) groups is 1. The van der Waals surface area contributed by atoms with Gasteiger partial charge in [0.15, 0.2) is 0 Å². The SMILES string of the molecule is O=C(Cc1cccnc1)N1CCC(OC2CCCC2)CC1. The number of ether oxygens (including phenoxy) is 1. The third-order valence-corrected chi connectivity index (χ3v) is 4.56. The molecule has 2 aliphatic rings. The zero-order valence-electron chi connectivity index (χ0n) is 12.5. The monoisotopic (exact) mass is 288 g/mol. The van der Waals surface area contributed by atoms with Crippen molar-refractivity contribution in [3.8, 4) is 0 Å². The highest BCUT2D eigenvalue weighted by Gasteiger charge is 2.26. The molecule has 1 amide bonds. The minimum atomic E-state index is 0.210. The number of piperidine rings is 1. The van der Waals surface area contributed by atoms with Crippen molar-refractivity contribution in [1.29, 1.82) is 0 Å². The molecule has 0 aromatic carbocycles. The summed E-state index contributed by atoms with van der Waals surface area (Å²) in [6, 6.07) is 3.84. The van der Waals surface area contributed by atoms with E-state index in [1.807, 2.05) is 17.0 Å². The summed E-state index contributed by atoms with van der Waals surface area (Å²) in [6.45, 7) is 1.66. The van der Waals surface area contributed by atoms with Crippen molar-refractivity contribution >= 4 is 5.91 Å². The lowest BCUT2D eigenvalue weighted by atomic mass is 10.1. The van der Waals surface area contributed by atoms with Crippen molar-refractivity contribution < 1.29 is 9.53 Å². The largest absolute Gasteiger partial charge is 0.375 e. The van der Waals surface area contributed by atoms with Crippen LogP contribution in [0.1, 0.15) is 44.1 Å². The van der Waals surface area contributed by atoms with Gasteiger partial charge in [0, 0.05) is 25.5 Å². The van der Waals surface area contributed by atoms with E-state index in [1.54, 1.807) is 12.4 Å².